The van der Waals surface area contributed by atoms with Crippen LogP contribution < -0.4 is 4.74 Å². The number of hydrogen-bond acceptors (Lipinski definition) is 4. The Morgan fingerprint density at radius 1 is 1.11 bits per heavy atom. The molecule has 0 amide bonds. The first kappa shape index (κ1) is 18.9. The molecule has 27 heavy (non-hydrogen) atoms. The smallest absolute Gasteiger partial charge is 0.177 e. The maximum absolute atomic E-state index is 14.2. The number of aryl methyl sites for hydroxylation is 2. The Kier molecular flexibility index (Phi) is 4.95. The molecule has 7 heteroatoms. The molecule has 0 N–H and O–H groups in total. The van der Waals surface area contributed by atoms with Crippen molar-refractivity contribution < 1.29 is 13.5 Å². The molecule has 2 aromatic heterocycles. The van der Waals surface area contributed by atoms with Crippen LogP contribution in [0, 0.1) is 25.5 Å². The van der Waals surface area contributed by atoms with E-state index < -0.39 is 17.2 Å². The van der Waals surface area contributed by atoms with E-state index in [0.717, 1.165) is 17.3 Å². The van der Waals surface area contributed by atoms with Gasteiger partial charge >= 0.3 is 0 Å². The highest BCUT2D eigenvalue weighted by atomic mass is 19.1. The van der Waals surface area contributed by atoms with E-state index in [2.05, 4.69) is 15.2 Å². The third-order valence-corrected chi connectivity index (χ3v) is 4.34. The van der Waals surface area contributed by atoms with Gasteiger partial charge in [0.2, 0.25) is 0 Å². The van der Waals surface area contributed by atoms with Gasteiger partial charge in [-0.3, -0.25) is 4.98 Å². The van der Waals surface area contributed by atoms with Gasteiger partial charge in [0.1, 0.15) is 17.4 Å². The number of pyridine rings is 1. The first-order valence-corrected chi connectivity index (χ1v) is 8.74. The summed E-state index contributed by atoms with van der Waals surface area (Å²) in [6.07, 6.45) is 1.68. The number of rotatable bonds is 5. The summed E-state index contributed by atoms with van der Waals surface area (Å²) in [5, 5.41) is 8.40. The van der Waals surface area contributed by atoms with Crippen molar-refractivity contribution in [2.24, 2.45) is 0 Å². The molecule has 0 fully saturated rings. The van der Waals surface area contributed by atoms with Crippen molar-refractivity contribution in [1.82, 2.24) is 19.7 Å². The van der Waals surface area contributed by atoms with Gasteiger partial charge in [0, 0.05) is 18.3 Å². The molecule has 0 aliphatic carbocycles. The highest BCUT2D eigenvalue weighted by molar-refractivity contribution is 5.56. The Morgan fingerprint density at radius 2 is 1.85 bits per heavy atom. The Labute approximate surface area is 157 Å². The third kappa shape index (κ3) is 3.67. The summed E-state index contributed by atoms with van der Waals surface area (Å²) >= 11 is 0. The van der Waals surface area contributed by atoms with E-state index in [1.165, 1.54) is 12.1 Å². The molecular weight excluding hydrogens is 350 g/mol. The van der Waals surface area contributed by atoms with E-state index >= 15 is 0 Å². The molecule has 142 valence electrons. The Bertz CT molecular complexity index is 982. The second kappa shape index (κ2) is 7.06. The number of benzene rings is 1. The molecule has 5 nitrogen and oxygen atoms in total. The van der Waals surface area contributed by atoms with E-state index in [1.807, 2.05) is 40.7 Å². The van der Waals surface area contributed by atoms with Gasteiger partial charge in [-0.1, -0.05) is 0 Å². The van der Waals surface area contributed by atoms with Crippen LogP contribution in [0.2, 0.25) is 0 Å². The lowest BCUT2D eigenvalue weighted by atomic mass is 10.1. The predicted molar refractivity (Wildman–Crippen MR) is 98.4 cm³/mol. The average Bonchev–Trinajstić information content (AvgIpc) is 3.02. The molecular formula is C20H22F2N4O. The molecule has 0 aliphatic rings. The van der Waals surface area contributed by atoms with Crippen molar-refractivity contribution in [2.75, 3.05) is 0 Å². The van der Waals surface area contributed by atoms with Crippen molar-refractivity contribution in [3.05, 3.63) is 59.2 Å². The average molecular weight is 372 g/mol. The molecule has 0 aliphatic heterocycles. The van der Waals surface area contributed by atoms with Gasteiger partial charge in [0.25, 0.3) is 0 Å². The lowest BCUT2D eigenvalue weighted by Gasteiger charge is -2.27. The van der Waals surface area contributed by atoms with Crippen molar-refractivity contribution in [2.45, 2.75) is 46.8 Å². The largest absolute Gasteiger partial charge is 0.478 e. The van der Waals surface area contributed by atoms with Crippen LogP contribution >= 0.6 is 0 Å². The fourth-order valence-corrected chi connectivity index (χ4v) is 3.03. The van der Waals surface area contributed by atoms with Crippen molar-refractivity contribution in [3.8, 4) is 17.1 Å². The van der Waals surface area contributed by atoms with Crippen LogP contribution in [-0.4, -0.2) is 19.7 Å². The van der Waals surface area contributed by atoms with Gasteiger partial charge in [0.15, 0.2) is 17.2 Å². The number of nitrogens with zero attached hydrogens (tertiary/aromatic N) is 4. The molecule has 1 aromatic carbocycles. The number of ether oxygens (including phenoxy) is 1. The van der Waals surface area contributed by atoms with Gasteiger partial charge in [-0.05, 0) is 58.4 Å². The van der Waals surface area contributed by atoms with Crippen LogP contribution in [0.1, 0.15) is 37.9 Å². The van der Waals surface area contributed by atoms with Crippen LogP contribution in [0.15, 0.2) is 30.5 Å². The topological polar surface area (TPSA) is 52.8 Å². The second-order valence-corrected chi connectivity index (χ2v) is 6.92. The highest BCUT2D eigenvalue weighted by Crippen LogP contribution is 2.31. The van der Waals surface area contributed by atoms with Gasteiger partial charge in [-0.25, -0.2) is 8.78 Å². The maximum atomic E-state index is 14.2. The van der Waals surface area contributed by atoms with Crippen LogP contribution in [0.5, 0.6) is 5.75 Å². The van der Waals surface area contributed by atoms with E-state index in [1.54, 1.807) is 10.8 Å². The molecule has 0 saturated heterocycles. The zero-order valence-electron chi connectivity index (χ0n) is 16.0. The van der Waals surface area contributed by atoms with Crippen LogP contribution in [-0.2, 0) is 12.1 Å². The Hall–Kier alpha value is -2.83. The van der Waals surface area contributed by atoms with Crippen LogP contribution in [0.25, 0.3) is 11.4 Å². The summed E-state index contributed by atoms with van der Waals surface area (Å²) < 4.78 is 35.4. The summed E-state index contributed by atoms with van der Waals surface area (Å²) in [6.45, 7) is 10.0. The van der Waals surface area contributed by atoms with Crippen molar-refractivity contribution >= 4 is 0 Å². The lowest BCUT2D eigenvalue weighted by Crippen LogP contribution is -2.30. The fraction of sp³-hybridized carbons (Fsp3) is 0.350. The zero-order chi connectivity index (χ0) is 19.8. The third-order valence-electron chi connectivity index (χ3n) is 4.34. The van der Waals surface area contributed by atoms with Crippen molar-refractivity contribution in [1.29, 1.82) is 0 Å². The van der Waals surface area contributed by atoms with Gasteiger partial charge in [-0.2, -0.15) is 0 Å². The Morgan fingerprint density at radius 3 is 2.48 bits per heavy atom. The van der Waals surface area contributed by atoms with Crippen LogP contribution in [0.4, 0.5) is 8.78 Å². The number of hydrogen-bond donors (Lipinski definition) is 0. The van der Waals surface area contributed by atoms with E-state index in [9.17, 15) is 8.78 Å². The molecule has 3 aromatic rings. The van der Waals surface area contributed by atoms with E-state index in [-0.39, 0.29) is 5.56 Å². The summed E-state index contributed by atoms with van der Waals surface area (Å²) in [6, 6.07) is 5.35. The standard InChI is InChI=1S/C20H22F2N4O/c1-6-26-18(15-8-7-14(21)10-16(15)22)24-25-19(26)20(4,5)27-17-11-23-13(3)9-12(17)2/h7-11H,6H2,1-5H3. The molecule has 0 bridgehead atoms. The molecule has 3 rings (SSSR count). The van der Waals surface area contributed by atoms with Gasteiger partial charge in [-0.15, -0.1) is 10.2 Å². The molecule has 0 unspecified atom stereocenters. The summed E-state index contributed by atoms with van der Waals surface area (Å²) in [5.74, 6) is 0.209. The van der Waals surface area contributed by atoms with Gasteiger partial charge < -0.3 is 9.30 Å². The zero-order valence-corrected chi connectivity index (χ0v) is 16.0. The molecule has 0 radical (unpaired) electrons. The summed E-state index contributed by atoms with van der Waals surface area (Å²) in [4.78, 5) is 4.28. The minimum Gasteiger partial charge on any atom is -0.478 e. The summed E-state index contributed by atoms with van der Waals surface area (Å²) in [7, 11) is 0. The quantitative estimate of drug-likeness (QED) is 0.658. The molecule has 0 atom stereocenters. The minimum absolute atomic E-state index is 0.195. The van der Waals surface area contributed by atoms with Gasteiger partial charge in [0.05, 0.1) is 11.8 Å². The lowest BCUT2D eigenvalue weighted by molar-refractivity contribution is 0.0925. The Balaban J connectivity index is 2.02. The predicted octanol–water partition coefficient (Wildman–Crippen LogP) is 4.57. The SMILES string of the molecule is CCn1c(-c2ccc(F)cc2F)nnc1C(C)(C)Oc1cnc(C)cc1C. The van der Waals surface area contributed by atoms with E-state index in [4.69, 9.17) is 4.74 Å². The molecule has 0 saturated carbocycles. The monoisotopic (exact) mass is 372 g/mol. The number of aromatic nitrogens is 4. The molecule has 0 spiro atoms. The second-order valence-electron chi connectivity index (χ2n) is 6.92. The number of halogens is 2. The maximum Gasteiger partial charge on any atom is 0.177 e. The summed E-state index contributed by atoms with van der Waals surface area (Å²) in [5.41, 5.74) is 1.23. The first-order valence-electron chi connectivity index (χ1n) is 8.74. The highest BCUT2D eigenvalue weighted by Gasteiger charge is 2.32. The normalized spacial score (nSPS) is 11.7. The molecule has 2 heterocycles. The van der Waals surface area contributed by atoms with Crippen LogP contribution in [0.3, 0.4) is 0 Å². The van der Waals surface area contributed by atoms with E-state index in [0.29, 0.717) is 23.9 Å². The van der Waals surface area contributed by atoms with Crippen molar-refractivity contribution in [3.63, 3.8) is 0 Å². The first-order chi connectivity index (χ1) is 12.7. The minimum atomic E-state index is -0.834. The fourth-order valence-electron chi connectivity index (χ4n) is 3.03.